The van der Waals surface area contributed by atoms with E-state index in [4.69, 9.17) is 0 Å². The number of hydrogen-bond donors (Lipinski definition) is 0. The van der Waals surface area contributed by atoms with Gasteiger partial charge in [0.2, 0.25) is 0 Å². The zero-order valence-corrected chi connectivity index (χ0v) is 12.3. The van der Waals surface area contributed by atoms with Crippen LogP contribution in [0.4, 0.5) is 0 Å². The Morgan fingerprint density at radius 2 is 2.13 bits per heavy atom. The van der Waals surface area contributed by atoms with Crippen LogP contribution in [0.15, 0.2) is 4.47 Å². The van der Waals surface area contributed by atoms with Crippen LogP contribution in [0.5, 0.6) is 0 Å². The van der Waals surface area contributed by atoms with Gasteiger partial charge in [0.1, 0.15) is 0 Å². The van der Waals surface area contributed by atoms with Gasteiger partial charge in [-0.15, -0.1) is 0 Å². The Morgan fingerprint density at radius 3 is 2.67 bits per heavy atom. The number of thioether (sulfide) groups is 1. The molecule has 1 heterocycles. The fourth-order valence-corrected chi connectivity index (χ4v) is 2.93. The normalized spacial score (nSPS) is 13.1. The minimum absolute atomic E-state index is 0.720. The highest BCUT2D eigenvalue weighted by Crippen LogP contribution is 2.27. The molecule has 1 atom stereocenters. The number of rotatable bonds is 5. The fraction of sp³-hybridized carbons (Fsp3) is 0.727. The van der Waals surface area contributed by atoms with Gasteiger partial charge in [-0.1, -0.05) is 13.8 Å². The summed E-state index contributed by atoms with van der Waals surface area (Å²) in [5, 5.41) is 5.21. The van der Waals surface area contributed by atoms with E-state index in [9.17, 15) is 0 Å². The summed E-state index contributed by atoms with van der Waals surface area (Å²) in [4.78, 5) is 0. The predicted molar refractivity (Wildman–Crippen MR) is 71.4 cm³/mol. The van der Waals surface area contributed by atoms with E-state index in [1.807, 2.05) is 18.7 Å². The van der Waals surface area contributed by atoms with Gasteiger partial charge in [-0.2, -0.15) is 16.9 Å². The molecule has 4 heteroatoms. The first kappa shape index (κ1) is 13.1. The molecule has 0 saturated heterocycles. The van der Waals surface area contributed by atoms with Gasteiger partial charge < -0.3 is 0 Å². The van der Waals surface area contributed by atoms with Crippen molar-refractivity contribution in [2.45, 2.75) is 51.7 Å². The zero-order valence-electron chi connectivity index (χ0n) is 9.88. The molecule has 0 spiro atoms. The number of hydrogen-bond acceptors (Lipinski definition) is 2. The second kappa shape index (κ2) is 5.94. The van der Waals surface area contributed by atoms with Crippen LogP contribution in [-0.4, -0.2) is 15.0 Å². The lowest BCUT2D eigenvalue weighted by Gasteiger charge is -2.09. The molecular formula is C11H19BrN2S. The van der Waals surface area contributed by atoms with E-state index >= 15 is 0 Å². The molecule has 1 aromatic heterocycles. The van der Waals surface area contributed by atoms with Gasteiger partial charge in [-0.25, -0.2) is 0 Å². The molecule has 0 radical (unpaired) electrons. The van der Waals surface area contributed by atoms with E-state index in [1.165, 1.54) is 16.6 Å². The van der Waals surface area contributed by atoms with Crippen molar-refractivity contribution >= 4 is 27.7 Å². The highest BCUT2D eigenvalue weighted by molar-refractivity contribution is 9.10. The van der Waals surface area contributed by atoms with Gasteiger partial charge in [-0.05, 0) is 36.2 Å². The van der Waals surface area contributed by atoms with Gasteiger partial charge >= 0.3 is 0 Å². The van der Waals surface area contributed by atoms with Crippen molar-refractivity contribution in [3.8, 4) is 0 Å². The van der Waals surface area contributed by atoms with Crippen LogP contribution in [0.3, 0.4) is 0 Å². The lowest BCUT2D eigenvalue weighted by molar-refractivity contribution is 0.631. The standard InChI is InChI=1S/C11H19BrN2S/c1-5-8(3)15-7-10-11(12)9(4)13-14(10)6-2/h8H,5-7H2,1-4H3. The maximum Gasteiger partial charge on any atom is 0.0739 e. The summed E-state index contributed by atoms with van der Waals surface area (Å²) < 4.78 is 3.27. The summed E-state index contributed by atoms with van der Waals surface area (Å²) in [5.74, 6) is 1.05. The summed E-state index contributed by atoms with van der Waals surface area (Å²) in [6.45, 7) is 9.64. The molecule has 0 N–H and O–H groups in total. The summed E-state index contributed by atoms with van der Waals surface area (Å²) in [7, 11) is 0. The number of halogens is 1. The van der Waals surface area contributed by atoms with Gasteiger partial charge in [-0.3, -0.25) is 4.68 Å². The molecule has 86 valence electrons. The Labute approximate surface area is 105 Å². The molecule has 0 aliphatic heterocycles. The first-order valence-corrected chi connectivity index (χ1v) is 7.27. The third kappa shape index (κ3) is 3.25. The van der Waals surface area contributed by atoms with Crippen LogP contribution in [-0.2, 0) is 12.3 Å². The average molecular weight is 291 g/mol. The first-order chi connectivity index (χ1) is 7.10. The van der Waals surface area contributed by atoms with Gasteiger partial charge in [0, 0.05) is 17.5 Å². The van der Waals surface area contributed by atoms with Crippen molar-refractivity contribution in [3.63, 3.8) is 0 Å². The highest BCUT2D eigenvalue weighted by atomic mass is 79.9. The maximum absolute atomic E-state index is 4.49. The lowest BCUT2D eigenvalue weighted by atomic mass is 10.4. The lowest BCUT2D eigenvalue weighted by Crippen LogP contribution is -2.03. The molecule has 0 aromatic carbocycles. The van der Waals surface area contributed by atoms with Gasteiger partial charge in [0.25, 0.3) is 0 Å². The average Bonchev–Trinajstić information content (AvgIpc) is 2.52. The number of nitrogens with zero attached hydrogens (tertiary/aromatic N) is 2. The molecule has 1 rings (SSSR count). The van der Waals surface area contributed by atoms with Crippen LogP contribution in [0.25, 0.3) is 0 Å². The van der Waals surface area contributed by atoms with E-state index in [0.29, 0.717) is 0 Å². The molecule has 0 fully saturated rings. The zero-order chi connectivity index (χ0) is 11.4. The van der Waals surface area contributed by atoms with Crippen LogP contribution in [0.2, 0.25) is 0 Å². The smallest absolute Gasteiger partial charge is 0.0739 e. The van der Waals surface area contributed by atoms with Crippen LogP contribution in [0.1, 0.15) is 38.6 Å². The van der Waals surface area contributed by atoms with E-state index in [0.717, 1.165) is 23.2 Å². The molecule has 2 nitrogen and oxygen atoms in total. The first-order valence-electron chi connectivity index (χ1n) is 5.43. The Balaban J connectivity index is 2.74. The largest absolute Gasteiger partial charge is 0.268 e. The monoisotopic (exact) mass is 290 g/mol. The SMILES string of the molecule is CCC(C)SCc1c(Br)c(C)nn1CC. The highest BCUT2D eigenvalue weighted by Gasteiger charge is 2.12. The summed E-state index contributed by atoms with van der Waals surface area (Å²) in [6.07, 6.45) is 1.22. The van der Waals surface area contributed by atoms with Crippen molar-refractivity contribution in [2.24, 2.45) is 0 Å². The fourth-order valence-electron chi connectivity index (χ4n) is 1.35. The van der Waals surface area contributed by atoms with Crippen LogP contribution >= 0.6 is 27.7 Å². The maximum atomic E-state index is 4.49. The Hall–Kier alpha value is 0.0400. The van der Waals surface area contributed by atoms with Crippen molar-refractivity contribution in [1.29, 1.82) is 0 Å². The summed E-state index contributed by atoms with van der Waals surface area (Å²) in [6, 6.07) is 0. The molecule has 0 aliphatic rings. The molecule has 0 aliphatic carbocycles. The van der Waals surface area contributed by atoms with E-state index in [2.05, 4.69) is 46.5 Å². The molecule has 0 bridgehead atoms. The Kier molecular flexibility index (Phi) is 5.19. The molecule has 1 aromatic rings. The Morgan fingerprint density at radius 1 is 1.47 bits per heavy atom. The van der Waals surface area contributed by atoms with Crippen molar-refractivity contribution < 1.29 is 0 Å². The van der Waals surface area contributed by atoms with Crippen LogP contribution in [0, 0.1) is 6.92 Å². The molecule has 0 saturated carbocycles. The molecule has 1 unspecified atom stereocenters. The summed E-state index contributed by atoms with van der Waals surface area (Å²) >= 11 is 5.61. The van der Waals surface area contributed by atoms with E-state index in [-0.39, 0.29) is 0 Å². The topological polar surface area (TPSA) is 17.8 Å². The van der Waals surface area contributed by atoms with Crippen molar-refractivity contribution in [1.82, 2.24) is 9.78 Å². The second-order valence-corrected chi connectivity index (χ2v) is 5.91. The third-order valence-electron chi connectivity index (χ3n) is 2.53. The molecule has 15 heavy (non-hydrogen) atoms. The number of aromatic nitrogens is 2. The molecular weight excluding hydrogens is 272 g/mol. The third-order valence-corrected chi connectivity index (χ3v) is 4.91. The second-order valence-electron chi connectivity index (χ2n) is 3.69. The molecule has 0 amide bonds. The minimum Gasteiger partial charge on any atom is -0.268 e. The van der Waals surface area contributed by atoms with Crippen molar-refractivity contribution in [3.05, 3.63) is 15.9 Å². The summed E-state index contributed by atoms with van der Waals surface area (Å²) in [5.41, 5.74) is 2.41. The van der Waals surface area contributed by atoms with Gasteiger partial charge in [0.05, 0.1) is 15.9 Å². The minimum atomic E-state index is 0.720. The van der Waals surface area contributed by atoms with E-state index in [1.54, 1.807) is 0 Å². The van der Waals surface area contributed by atoms with Crippen LogP contribution < -0.4 is 0 Å². The number of aryl methyl sites for hydroxylation is 2. The quantitative estimate of drug-likeness (QED) is 0.816. The van der Waals surface area contributed by atoms with Gasteiger partial charge in [0.15, 0.2) is 0 Å². The van der Waals surface area contributed by atoms with E-state index < -0.39 is 0 Å². The van der Waals surface area contributed by atoms with Crippen molar-refractivity contribution in [2.75, 3.05) is 0 Å². The Bertz CT molecular complexity index is 323. The predicted octanol–water partition coefficient (Wildman–Crippen LogP) is 4.01.